The van der Waals surface area contributed by atoms with Gasteiger partial charge in [-0.1, -0.05) is 29.8 Å². The molecule has 534 valence electrons. The minimum atomic E-state index is -1.09. The van der Waals surface area contributed by atoms with Crippen LogP contribution in [-0.4, -0.2) is 158 Å². The summed E-state index contributed by atoms with van der Waals surface area (Å²) in [6.45, 7) is 16.3. The third kappa shape index (κ3) is 16.2. The second-order valence-corrected chi connectivity index (χ2v) is 26.3. The van der Waals surface area contributed by atoms with Crippen LogP contribution in [0.25, 0.3) is 49.4 Å². The standard InChI is InChI=1S/C23H21N3O3.C20H28N2O3.C18H13ClFNO4.C18H24N2O3/c1-14-11-21(25-23(24-14)16-7-5-4-6-8-16)26-15(2)18(13-22(27)28)19-12-17(29-3)9-10-20(19)26;1-5-25-20(23)13-17-14(2)22(15-8-10-21(3)11-9-15)19-7-6-16(24-4)12-18(17)19;1-9-12(7-17(23)24)13-6-16(22)14(20)8-15(13)21(9)18(25)10-2-4-11(19)5-3-10;1-12-15(11-18(21)22)16-10-14(23-3)4-5-17(16)20(12)13-6-8-19(2)9-7-13/h4-12H,13H2,1-3H3,(H,27,28);6-7,12,15H,5,8-11,13H2,1-4H3;2-6,8,22H,7H2,1H3,(H,23,24);4-5,10,13H,6-9,11H2,1-3H3,(H,21,22)/p+1. The van der Waals surface area contributed by atoms with Crippen LogP contribution in [-0.2, 0) is 49.6 Å². The predicted molar refractivity (Wildman–Crippen MR) is 396 cm³/mol. The summed E-state index contributed by atoms with van der Waals surface area (Å²) in [6.07, 6.45) is 6.37. The summed E-state index contributed by atoms with van der Waals surface area (Å²) in [5.74, 6) is -0.984. The summed E-state index contributed by atoms with van der Waals surface area (Å²) in [5.41, 5.74) is 12.2. The van der Waals surface area contributed by atoms with E-state index < -0.39 is 35.4 Å². The molecule has 0 bridgehead atoms. The van der Waals surface area contributed by atoms with Crippen molar-refractivity contribution in [3.05, 3.63) is 194 Å². The average molecular weight is 1410 g/mol. The molecule has 0 radical (unpaired) electrons. The first-order valence-electron chi connectivity index (χ1n) is 33.8. The number of rotatable bonds is 17. The Balaban J connectivity index is 0.000000147. The summed E-state index contributed by atoms with van der Waals surface area (Å²) in [7, 11) is 9.24. The van der Waals surface area contributed by atoms with Crippen molar-refractivity contribution in [3.8, 4) is 23.0 Å². The maximum Gasteiger partial charge on any atom is 0.381 e. The molecular formula is C79H87ClFN8O13+. The average Bonchev–Trinajstić information content (AvgIpc) is 1.63. The molecule has 102 heavy (non-hydrogen) atoms. The first-order chi connectivity index (χ1) is 48.8. The number of allylic oxidation sites excluding steroid dienone is 1. The first-order valence-corrected chi connectivity index (χ1v) is 34.2. The SMILES string of the molecule is CCOC(=O)Cc1c(C)n(C2CCN(C)CC2)c2ccc(OC)cc12.COc1ccc2c(c1)c(CC(=O)O)c(C)n2C1=CC(C)=[N+]=C(c2ccccc2)N1.COc1ccc2c(c1)c(CC(=O)O)c(C)n2C1CCN(C)CC1.Cc1c(CC(=O)O)c2cc(O)c(F)cc2n1C(=O)c1ccc(Cl)cc1. The van der Waals surface area contributed by atoms with Gasteiger partial charge in [0.15, 0.2) is 11.6 Å². The maximum absolute atomic E-state index is 13.8. The van der Waals surface area contributed by atoms with E-state index in [1.54, 1.807) is 40.4 Å². The highest BCUT2D eigenvalue weighted by Gasteiger charge is 2.30. The van der Waals surface area contributed by atoms with Gasteiger partial charge >= 0.3 is 29.7 Å². The molecule has 0 aliphatic carbocycles. The third-order valence-electron chi connectivity index (χ3n) is 19.3. The van der Waals surface area contributed by atoms with Crippen LogP contribution in [0.2, 0.25) is 5.02 Å². The number of aromatic nitrogens is 4. The second-order valence-electron chi connectivity index (χ2n) is 25.8. The van der Waals surface area contributed by atoms with E-state index in [0.717, 1.165) is 154 Å². The van der Waals surface area contributed by atoms with E-state index in [4.69, 9.17) is 35.7 Å². The van der Waals surface area contributed by atoms with Gasteiger partial charge in [0.2, 0.25) is 11.5 Å². The number of carbonyl (C=O) groups excluding carboxylic acids is 2. The number of aliphatic carboxylic acids is 3. The normalized spacial score (nSPS) is 14.3. The minimum absolute atomic E-state index is 0.0507. The largest absolute Gasteiger partial charge is 0.505 e. The summed E-state index contributed by atoms with van der Waals surface area (Å²) in [5, 5.41) is 44.7. The molecule has 0 saturated carbocycles. The van der Waals surface area contributed by atoms with E-state index in [-0.39, 0.29) is 30.7 Å². The number of phenolic OH excluding ortho intramolecular Hbond substituents is 1. The molecule has 13 rings (SSSR count). The molecule has 5 N–H and O–H groups in total. The fourth-order valence-electron chi connectivity index (χ4n) is 14.2. The number of esters is 1. The molecule has 0 spiro atoms. The number of hydrogen-bond donors (Lipinski definition) is 5. The van der Waals surface area contributed by atoms with E-state index >= 15 is 0 Å². The number of nitrogens with one attached hydrogen (secondary N) is 1. The number of ether oxygens (including phenoxy) is 4. The van der Waals surface area contributed by atoms with Crippen molar-refractivity contribution in [1.82, 2.24) is 38.1 Å². The number of fused-ring (bicyclic) bond motifs is 4. The van der Waals surface area contributed by atoms with Crippen LogP contribution in [0.5, 0.6) is 23.0 Å². The zero-order valence-corrected chi connectivity index (χ0v) is 60.1. The van der Waals surface area contributed by atoms with Crippen LogP contribution in [0.15, 0.2) is 127 Å². The number of carbonyl (C=O) groups is 5. The number of benzene rings is 6. The van der Waals surface area contributed by atoms with Crippen LogP contribution in [0.4, 0.5) is 4.39 Å². The number of likely N-dealkylation sites (tertiary alicyclic amines) is 2. The zero-order valence-electron chi connectivity index (χ0n) is 59.3. The molecule has 2 saturated heterocycles. The third-order valence-corrected chi connectivity index (χ3v) is 19.5. The number of nitrogens with zero attached hydrogens (tertiary/aromatic N) is 7. The first kappa shape index (κ1) is 74.1. The number of phenols is 1. The van der Waals surface area contributed by atoms with Gasteiger partial charge in [-0.2, -0.15) is 0 Å². The molecule has 0 atom stereocenters. The Kier molecular flexibility index (Phi) is 23.5. The number of hydrogen-bond acceptors (Lipinski definition) is 13. The smallest absolute Gasteiger partial charge is 0.381 e. The lowest BCUT2D eigenvalue weighted by atomic mass is 10.0. The van der Waals surface area contributed by atoms with Crippen LogP contribution in [0.1, 0.15) is 113 Å². The van der Waals surface area contributed by atoms with Crippen molar-refractivity contribution in [1.29, 1.82) is 0 Å². The van der Waals surface area contributed by atoms with Gasteiger partial charge in [0.05, 0.1) is 76.3 Å². The Morgan fingerprint density at radius 2 is 1.00 bits per heavy atom. The van der Waals surface area contributed by atoms with Crippen molar-refractivity contribution in [2.75, 3.05) is 68.2 Å². The number of piperidine rings is 2. The van der Waals surface area contributed by atoms with E-state index in [0.29, 0.717) is 58.1 Å². The lowest BCUT2D eigenvalue weighted by Gasteiger charge is -2.31. The Labute approximate surface area is 595 Å². The summed E-state index contributed by atoms with van der Waals surface area (Å²) < 4.78 is 47.8. The number of halogens is 2. The lowest BCUT2D eigenvalue weighted by molar-refractivity contribution is -0.142. The monoisotopic (exact) mass is 1410 g/mol. The fraction of sp³-hybridized carbons (Fsp3) is 0.329. The molecule has 7 heterocycles. The molecule has 21 nitrogen and oxygen atoms in total. The minimum Gasteiger partial charge on any atom is -0.505 e. The van der Waals surface area contributed by atoms with Crippen molar-refractivity contribution in [2.24, 2.45) is 0 Å². The van der Waals surface area contributed by atoms with E-state index in [1.165, 1.54) is 27.9 Å². The Hall–Kier alpha value is -10.6. The van der Waals surface area contributed by atoms with E-state index in [2.05, 4.69) is 62.1 Å². The van der Waals surface area contributed by atoms with Gasteiger partial charge in [0, 0.05) is 91.0 Å². The summed E-state index contributed by atoms with van der Waals surface area (Å²) >= 11 is 5.83. The van der Waals surface area contributed by atoms with Crippen molar-refractivity contribution in [2.45, 2.75) is 105 Å². The highest BCUT2D eigenvalue weighted by atomic mass is 35.5. The molecule has 4 aromatic heterocycles. The van der Waals surface area contributed by atoms with E-state index in [9.17, 15) is 43.7 Å². The number of methoxy groups -OCH3 is 3. The molecule has 6 aromatic carbocycles. The topological polar surface area (TPSA) is 256 Å². The van der Waals surface area contributed by atoms with Crippen LogP contribution >= 0.6 is 11.6 Å². The Morgan fingerprint density at radius 3 is 1.47 bits per heavy atom. The van der Waals surface area contributed by atoms with Crippen molar-refractivity contribution >= 4 is 102 Å². The molecule has 3 aliphatic rings. The quantitative estimate of drug-likeness (QED) is 0.0419. The predicted octanol–water partition coefficient (Wildman–Crippen LogP) is 12.9. The number of aromatic hydroxyl groups is 1. The second kappa shape index (κ2) is 32.3. The summed E-state index contributed by atoms with van der Waals surface area (Å²) in [4.78, 5) is 63.7. The molecule has 23 heteroatoms. The Morgan fingerprint density at radius 1 is 0.559 bits per heavy atom. The van der Waals surface area contributed by atoms with Gasteiger partial charge in [0.25, 0.3) is 5.91 Å². The van der Waals surface area contributed by atoms with Gasteiger partial charge in [-0.25, -0.2) is 14.4 Å². The molecule has 2 fully saturated rings. The number of carboxylic acid groups (broad SMARTS) is 3. The summed E-state index contributed by atoms with van der Waals surface area (Å²) in [6, 6.07) is 37.0. The van der Waals surface area contributed by atoms with Crippen LogP contribution in [0.3, 0.4) is 0 Å². The van der Waals surface area contributed by atoms with Gasteiger partial charge in [-0.05, 0) is 220 Å². The maximum atomic E-state index is 13.8. The van der Waals surface area contributed by atoms with Crippen LogP contribution in [0, 0.1) is 33.5 Å². The van der Waals surface area contributed by atoms with Crippen molar-refractivity contribution in [3.63, 3.8) is 0 Å². The van der Waals surface area contributed by atoms with E-state index in [1.807, 2.05) is 111 Å². The highest BCUT2D eigenvalue weighted by Crippen LogP contribution is 2.39. The molecule has 0 amide bonds. The van der Waals surface area contributed by atoms with Crippen molar-refractivity contribution < 1.29 is 67.7 Å². The number of carboxylic acids is 3. The zero-order chi connectivity index (χ0) is 73.4. The Bertz CT molecular complexity index is 4930. The number of amidine groups is 1. The molecular weight excluding hydrogens is 1320 g/mol. The van der Waals surface area contributed by atoms with Gasteiger partial charge < -0.3 is 58.3 Å². The highest BCUT2D eigenvalue weighted by molar-refractivity contribution is 6.30. The van der Waals surface area contributed by atoms with Gasteiger partial charge in [-0.15, -0.1) is 0 Å². The lowest BCUT2D eigenvalue weighted by Crippen LogP contribution is -2.32. The van der Waals surface area contributed by atoms with Gasteiger partial charge in [-0.3, -0.25) is 33.1 Å². The molecule has 3 aliphatic heterocycles. The molecule has 10 aromatic rings. The molecule has 0 unspecified atom stereocenters. The fourth-order valence-corrected chi connectivity index (χ4v) is 14.3. The van der Waals surface area contributed by atoms with Crippen LogP contribution < -0.4 is 24.2 Å². The van der Waals surface area contributed by atoms with Gasteiger partial charge in [0.1, 0.15) is 17.2 Å².